The Kier molecular flexibility index (Phi) is 7.55. The minimum Gasteiger partial charge on any atom is -0.496 e. The van der Waals surface area contributed by atoms with Crippen molar-refractivity contribution in [3.63, 3.8) is 0 Å². The number of rotatable bonds is 9. The molecule has 0 amide bonds. The van der Waals surface area contributed by atoms with Crippen molar-refractivity contribution in [3.8, 4) is 5.75 Å². The molecule has 0 fully saturated rings. The first-order valence-electron chi connectivity index (χ1n) is 7.30. The van der Waals surface area contributed by atoms with Gasteiger partial charge in [-0.3, -0.25) is 0 Å². The number of methoxy groups -OCH3 is 1. The summed E-state index contributed by atoms with van der Waals surface area (Å²) in [6.07, 6.45) is 6.95. The smallest absolute Gasteiger partial charge is 0.344 e. The van der Waals surface area contributed by atoms with Crippen molar-refractivity contribution >= 4 is 11.7 Å². The second kappa shape index (κ2) is 9.23. The first-order chi connectivity index (χ1) is 9.70. The number of anilines is 1. The second-order valence-corrected chi connectivity index (χ2v) is 4.83. The van der Waals surface area contributed by atoms with Crippen molar-refractivity contribution in [2.24, 2.45) is 0 Å². The molecule has 112 valence electrons. The highest BCUT2D eigenvalue weighted by atomic mass is 16.5. The van der Waals surface area contributed by atoms with Gasteiger partial charge in [-0.05, 0) is 18.6 Å². The summed E-state index contributed by atoms with van der Waals surface area (Å²) in [7, 11) is 1.51. The Labute approximate surface area is 121 Å². The van der Waals surface area contributed by atoms with Gasteiger partial charge in [0.2, 0.25) is 0 Å². The summed E-state index contributed by atoms with van der Waals surface area (Å²) in [5, 5.41) is 0. The van der Waals surface area contributed by atoms with Crippen LogP contribution in [0.3, 0.4) is 0 Å². The molecule has 1 aromatic carbocycles. The van der Waals surface area contributed by atoms with Crippen LogP contribution in [0.15, 0.2) is 18.2 Å². The second-order valence-electron chi connectivity index (χ2n) is 4.83. The molecule has 1 rings (SSSR count). The lowest BCUT2D eigenvalue weighted by atomic mass is 10.1. The van der Waals surface area contributed by atoms with E-state index in [1.807, 2.05) is 0 Å². The van der Waals surface area contributed by atoms with Crippen molar-refractivity contribution in [2.75, 3.05) is 19.5 Å². The van der Waals surface area contributed by atoms with E-state index in [2.05, 4.69) is 6.92 Å². The molecule has 0 aliphatic carbocycles. The highest BCUT2D eigenvalue weighted by Crippen LogP contribution is 2.24. The summed E-state index contributed by atoms with van der Waals surface area (Å²) >= 11 is 0. The molecule has 4 nitrogen and oxygen atoms in total. The maximum absolute atomic E-state index is 12.0. The van der Waals surface area contributed by atoms with Crippen molar-refractivity contribution in [2.45, 2.75) is 45.4 Å². The van der Waals surface area contributed by atoms with E-state index >= 15 is 0 Å². The fourth-order valence-corrected chi connectivity index (χ4v) is 2.06. The minimum absolute atomic E-state index is 0.320. The molecule has 0 unspecified atom stereocenters. The van der Waals surface area contributed by atoms with Crippen LogP contribution in [-0.4, -0.2) is 19.7 Å². The van der Waals surface area contributed by atoms with Gasteiger partial charge in [-0.1, -0.05) is 45.1 Å². The lowest BCUT2D eigenvalue weighted by Gasteiger charge is -2.10. The van der Waals surface area contributed by atoms with Gasteiger partial charge in [0.15, 0.2) is 0 Å². The van der Waals surface area contributed by atoms with Crippen LogP contribution in [0.4, 0.5) is 5.69 Å². The van der Waals surface area contributed by atoms with Gasteiger partial charge in [0.05, 0.1) is 13.7 Å². The van der Waals surface area contributed by atoms with Gasteiger partial charge in [-0.15, -0.1) is 0 Å². The minimum atomic E-state index is -0.409. The highest BCUT2D eigenvalue weighted by molar-refractivity contribution is 5.98. The molecule has 0 spiro atoms. The maximum Gasteiger partial charge on any atom is 0.344 e. The summed E-state index contributed by atoms with van der Waals surface area (Å²) in [6.45, 7) is 2.63. The van der Waals surface area contributed by atoms with Crippen LogP contribution in [0.1, 0.15) is 55.8 Å². The lowest BCUT2D eigenvalue weighted by Crippen LogP contribution is -2.11. The molecule has 0 heterocycles. The van der Waals surface area contributed by atoms with Crippen LogP contribution < -0.4 is 10.5 Å². The number of ether oxygens (including phenoxy) is 2. The average molecular weight is 279 g/mol. The number of benzene rings is 1. The summed E-state index contributed by atoms with van der Waals surface area (Å²) in [4.78, 5) is 12.0. The molecule has 1 aromatic rings. The van der Waals surface area contributed by atoms with Gasteiger partial charge >= 0.3 is 5.97 Å². The summed E-state index contributed by atoms with van der Waals surface area (Å²) < 4.78 is 10.4. The Balaban J connectivity index is 2.36. The number of nitrogens with two attached hydrogens (primary N) is 1. The average Bonchev–Trinajstić information content (AvgIpc) is 2.45. The van der Waals surface area contributed by atoms with E-state index in [4.69, 9.17) is 15.2 Å². The first kappa shape index (κ1) is 16.3. The van der Waals surface area contributed by atoms with Gasteiger partial charge in [-0.2, -0.15) is 0 Å². The highest BCUT2D eigenvalue weighted by Gasteiger charge is 2.16. The molecule has 0 aliphatic heterocycles. The topological polar surface area (TPSA) is 61.5 Å². The van der Waals surface area contributed by atoms with E-state index in [-0.39, 0.29) is 0 Å². The Bertz CT molecular complexity index is 418. The van der Waals surface area contributed by atoms with E-state index in [0.29, 0.717) is 23.6 Å². The molecule has 2 N–H and O–H groups in total. The van der Waals surface area contributed by atoms with Crippen LogP contribution in [0.2, 0.25) is 0 Å². The van der Waals surface area contributed by atoms with Gasteiger partial charge in [0.25, 0.3) is 0 Å². The van der Waals surface area contributed by atoms with Gasteiger partial charge in [0, 0.05) is 5.69 Å². The van der Waals surface area contributed by atoms with Crippen LogP contribution >= 0.6 is 0 Å². The largest absolute Gasteiger partial charge is 0.496 e. The maximum atomic E-state index is 12.0. The van der Waals surface area contributed by atoms with Crippen LogP contribution in [-0.2, 0) is 4.74 Å². The fraction of sp³-hybridized carbons (Fsp3) is 0.562. The SMILES string of the molecule is CCCCCCCCOC(=O)c1c(N)cccc1OC. The number of unbranched alkanes of at least 4 members (excludes halogenated alkanes) is 5. The van der Waals surface area contributed by atoms with Crippen molar-refractivity contribution in [1.82, 2.24) is 0 Å². The van der Waals surface area contributed by atoms with E-state index in [1.54, 1.807) is 18.2 Å². The van der Waals surface area contributed by atoms with Gasteiger partial charge in [-0.25, -0.2) is 4.79 Å². The Hall–Kier alpha value is -1.71. The molecule has 0 aliphatic rings. The molecule has 0 radical (unpaired) electrons. The normalized spacial score (nSPS) is 10.3. The molecule has 4 heteroatoms. The predicted molar refractivity (Wildman–Crippen MR) is 81.1 cm³/mol. The number of carbonyl (C=O) groups excluding carboxylic acids is 1. The van der Waals surface area contributed by atoms with E-state index in [0.717, 1.165) is 12.8 Å². The third-order valence-electron chi connectivity index (χ3n) is 3.21. The number of esters is 1. The van der Waals surface area contributed by atoms with E-state index in [1.165, 1.54) is 32.8 Å². The summed E-state index contributed by atoms with van der Waals surface area (Å²) in [5.41, 5.74) is 6.51. The molecule has 0 aromatic heterocycles. The zero-order chi connectivity index (χ0) is 14.8. The Morgan fingerprint density at radius 3 is 2.55 bits per heavy atom. The van der Waals surface area contributed by atoms with Crippen molar-refractivity contribution < 1.29 is 14.3 Å². The Morgan fingerprint density at radius 2 is 1.85 bits per heavy atom. The molecule has 20 heavy (non-hydrogen) atoms. The number of carbonyl (C=O) groups is 1. The molecular formula is C16H25NO3. The van der Waals surface area contributed by atoms with E-state index < -0.39 is 5.97 Å². The number of hydrogen-bond donors (Lipinski definition) is 1. The molecule has 0 saturated heterocycles. The van der Waals surface area contributed by atoms with Crippen molar-refractivity contribution in [3.05, 3.63) is 23.8 Å². The standard InChI is InChI=1S/C16H25NO3/c1-3-4-5-6-7-8-12-20-16(18)15-13(17)10-9-11-14(15)19-2/h9-11H,3-8,12,17H2,1-2H3. The molecular weight excluding hydrogens is 254 g/mol. The number of hydrogen-bond acceptors (Lipinski definition) is 4. The third kappa shape index (κ3) is 5.11. The number of nitrogen functional groups attached to an aromatic ring is 1. The predicted octanol–water partition coefficient (Wildman–Crippen LogP) is 3.79. The monoisotopic (exact) mass is 279 g/mol. The van der Waals surface area contributed by atoms with Crippen molar-refractivity contribution in [1.29, 1.82) is 0 Å². The Morgan fingerprint density at radius 1 is 1.15 bits per heavy atom. The van der Waals surface area contributed by atoms with Gasteiger partial charge < -0.3 is 15.2 Å². The van der Waals surface area contributed by atoms with Gasteiger partial charge in [0.1, 0.15) is 11.3 Å². The zero-order valence-electron chi connectivity index (χ0n) is 12.5. The fourth-order valence-electron chi connectivity index (χ4n) is 2.06. The third-order valence-corrected chi connectivity index (χ3v) is 3.21. The van der Waals surface area contributed by atoms with Crippen LogP contribution in [0, 0.1) is 0 Å². The summed E-state index contributed by atoms with van der Waals surface area (Å²) in [6, 6.07) is 5.13. The van der Waals surface area contributed by atoms with E-state index in [9.17, 15) is 4.79 Å². The van der Waals surface area contributed by atoms with Crippen LogP contribution in [0.5, 0.6) is 5.75 Å². The molecule has 0 saturated carbocycles. The lowest BCUT2D eigenvalue weighted by molar-refractivity contribution is 0.0495. The zero-order valence-corrected chi connectivity index (χ0v) is 12.5. The molecule has 0 bridgehead atoms. The molecule has 0 atom stereocenters. The first-order valence-corrected chi connectivity index (χ1v) is 7.30. The quantitative estimate of drug-likeness (QED) is 0.424. The van der Waals surface area contributed by atoms with Crippen LogP contribution in [0.25, 0.3) is 0 Å². The summed E-state index contributed by atoms with van der Waals surface area (Å²) in [5.74, 6) is 0.0476.